The number of aromatic nitrogens is 3. The van der Waals surface area contributed by atoms with E-state index < -0.39 is 6.10 Å². The molecule has 3 aromatic rings. The van der Waals surface area contributed by atoms with Crippen molar-refractivity contribution < 1.29 is 5.11 Å². The Bertz CT molecular complexity index is 754. The van der Waals surface area contributed by atoms with Gasteiger partial charge < -0.3 is 5.11 Å². The zero-order valence-electron chi connectivity index (χ0n) is 11.0. The van der Waals surface area contributed by atoms with Gasteiger partial charge in [0.05, 0.1) is 17.3 Å². The molecule has 1 aromatic carbocycles. The minimum absolute atomic E-state index is 0.382. The molecule has 0 fully saturated rings. The maximum atomic E-state index is 10.3. The maximum Gasteiger partial charge on any atom is 0.129 e. The summed E-state index contributed by atoms with van der Waals surface area (Å²) in [6.07, 6.45) is 1.40. The summed E-state index contributed by atoms with van der Waals surface area (Å²) in [4.78, 5) is 3.92. The Morgan fingerprint density at radius 2 is 2.10 bits per heavy atom. The molecular weight excluding hydrogens is 274 g/mol. The van der Waals surface area contributed by atoms with Gasteiger partial charge in [-0.3, -0.25) is 4.68 Å². The van der Waals surface area contributed by atoms with Crippen molar-refractivity contribution in [2.45, 2.75) is 12.5 Å². The summed E-state index contributed by atoms with van der Waals surface area (Å²) in [5, 5.41) is 16.3. The van der Waals surface area contributed by atoms with Gasteiger partial charge in [-0.15, -0.1) is 0 Å². The summed E-state index contributed by atoms with van der Waals surface area (Å²) in [5.41, 5.74) is 2.69. The van der Waals surface area contributed by atoms with Crippen LogP contribution >= 0.6 is 11.6 Å². The maximum absolute atomic E-state index is 10.3. The second kappa shape index (κ2) is 5.23. The molecule has 1 atom stereocenters. The van der Waals surface area contributed by atoms with Crippen LogP contribution in [0.5, 0.6) is 0 Å². The third-order valence-electron chi connectivity index (χ3n) is 3.36. The van der Waals surface area contributed by atoms with Crippen LogP contribution < -0.4 is 0 Å². The molecule has 5 heteroatoms. The van der Waals surface area contributed by atoms with Crippen molar-refractivity contribution in [1.82, 2.24) is 14.8 Å². The van der Waals surface area contributed by atoms with Crippen molar-refractivity contribution in [3.8, 4) is 0 Å². The van der Waals surface area contributed by atoms with Gasteiger partial charge in [0.15, 0.2) is 0 Å². The molecule has 2 aromatic heterocycles. The van der Waals surface area contributed by atoms with Crippen molar-refractivity contribution in [3.63, 3.8) is 0 Å². The van der Waals surface area contributed by atoms with E-state index >= 15 is 0 Å². The first-order chi connectivity index (χ1) is 9.65. The zero-order valence-corrected chi connectivity index (χ0v) is 11.7. The van der Waals surface area contributed by atoms with Crippen LogP contribution in [-0.4, -0.2) is 19.9 Å². The number of hydrogen-bond acceptors (Lipinski definition) is 3. The standard InChI is InChI=1S/C15H14ClN3O/c1-19-13-5-3-2-4-11(13)12(18-19)9-14(20)10-6-7-17-15(16)8-10/h2-8,14,20H,9H2,1H3. The van der Waals surface area contributed by atoms with Gasteiger partial charge in [0, 0.05) is 25.1 Å². The van der Waals surface area contributed by atoms with Crippen LogP contribution in [0.3, 0.4) is 0 Å². The second-order valence-electron chi connectivity index (χ2n) is 4.72. The number of para-hydroxylation sites is 1. The van der Waals surface area contributed by atoms with Gasteiger partial charge in [0.25, 0.3) is 0 Å². The fourth-order valence-corrected chi connectivity index (χ4v) is 2.55. The lowest BCUT2D eigenvalue weighted by molar-refractivity contribution is 0.177. The molecule has 0 radical (unpaired) electrons. The lowest BCUT2D eigenvalue weighted by atomic mass is 10.0. The summed E-state index contributed by atoms with van der Waals surface area (Å²) >= 11 is 5.85. The topological polar surface area (TPSA) is 50.9 Å². The van der Waals surface area contributed by atoms with Crippen LogP contribution in [0.15, 0.2) is 42.6 Å². The highest BCUT2D eigenvalue weighted by Crippen LogP contribution is 2.24. The van der Waals surface area contributed by atoms with E-state index in [1.54, 1.807) is 18.3 Å². The number of benzene rings is 1. The van der Waals surface area contributed by atoms with Crippen LogP contribution in [-0.2, 0) is 13.5 Å². The summed E-state index contributed by atoms with van der Waals surface area (Å²) in [7, 11) is 1.90. The molecular formula is C15H14ClN3O. The van der Waals surface area contributed by atoms with E-state index in [0.717, 1.165) is 22.2 Å². The Hall–Kier alpha value is -1.91. The molecule has 0 aliphatic carbocycles. The van der Waals surface area contributed by atoms with Gasteiger partial charge in [-0.2, -0.15) is 5.10 Å². The van der Waals surface area contributed by atoms with E-state index in [0.29, 0.717) is 11.6 Å². The van der Waals surface area contributed by atoms with Gasteiger partial charge in [0.1, 0.15) is 5.15 Å². The number of aliphatic hydroxyl groups is 1. The molecule has 0 bridgehead atoms. The molecule has 0 saturated carbocycles. The van der Waals surface area contributed by atoms with Crippen LogP contribution in [0.4, 0.5) is 0 Å². The number of rotatable bonds is 3. The number of halogens is 1. The molecule has 0 aliphatic rings. The van der Waals surface area contributed by atoms with E-state index in [1.165, 1.54) is 0 Å². The molecule has 102 valence electrons. The van der Waals surface area contributed by atoms with Crippen LogP contribution in [0.2, 0.25) is 5.15 Å². The van der Waals surface area contributed by atoms with E-state index in [2.05, 4.69) is 10.1 Å². The summed E-state index contributed by atoms with van der Waals surface area (Å²) < 4.78 is 1.83. The van der Waals surface area contributed by atoms with Crippen molar-refractivity contribution in [1.29, 1.82) is 0 Å². The molecule has 0 aliphatic heterocycles. The number of pyridine rings is 1. The van der Waals surface area contributed by atoms with E-state index in [4.69, 9.17) is 11.6 Å². The normalized spacial score (nSPS) is 12.8. The molecule has 3 rings (SSSR count). The number of fused-ring (bicyclic) bond motifs is 1. The lowest BCUT2D eigenvalue weighted by Gasteiger charge is -2.09. The predicted molar refractivity (Wildman–Crippen MR) is 78.6 cm³/mol. The highest BCUT2D eigenvalue weighted by atomic mass is 35.5. The average molecular weight is 288 g/mol. The Labute approximate surface area is 121 Å². The molecule has 0 saturated heterocycles. The quantitative estimate of drug-likeness (QED) is 0.754. The molecule has 1 unspecified atom stereocenters. The minimum Gasteiger partial charge on any atom is -0.388 e. The van der Waals surface area contributed by atoms with Gasteiger partial charge in [-0.25, -0.2) is 4.98 Å². The van der Waals surface area contributed by atoms with Gasteiger partial charge >= 0.3 is 0 Å². The molecule has 20 heavy (non-hydrogen) atoms. The Kier molecular flexibility index (Phi) is 3.42. The number of aryl methyl sites for hydroxylation is 1. The van der Waals surface area contributed by atoms with Crippen LogP contribution in [0.1, 0.15) is 17.4 Å². The third kappa shape index (κ3) is 2.40. The number of aliphatic hydroxyl groups excluding tert-OH is 1. The van der Waals surface area contributed by atoms with Gasteiger partial charge in [-0.1, -0.05) is 29.8 Å². The zero-order chi connectivity index (χ0) is 14.1. The SMILES string of the molecule is Cn1nc(CC(O)c2ccnc(Cl)c2)c2ccccc21. The van der Waals surface area contributed by atoms with Gasteiger partial charge in [-0.05, 0) is 23.8 Å². The van der Waals surface area contributed by atoms with E-state index in [9.17, 15) is 5.11 Å². The van der Waals surface area contributed by atoms with Crippen molar-refractivity contribution >= 4 is 22.5 Å². The Balaban J connectivity index is 1.93. The lowest BCUT2D eigenvalue weighted by Crippen LogP contribution is -2.03. The van der Waals surface area contributed by atoms with E-state index in [-0.39, 0.29) is 0 Å². The van der Waals surface area contributed by atoms with Crippen molar-refractivity contribution in [3.05, 3.63) is 59.0 Å². The highest BCUT2D eigenvalue weighted by molar-refractivity contribution is 6.29. The third-order valence-corrected chi connectivity index (χ3v) is 3.56. The molecule has 0 spiro atoms. The Morgan fingerprint density at radius 1 is 1.30 bits per heavy atom. The van der Waals surface area contributed by atoms with Crippen LogP contribution in [0.25, 0.3) is 10.9 Å². The summed E-state index contributed by atoms with van der Waals surface area (Å²) in [5.74, 6) is 0. The first kappa shape index (κ1) is 13.1. The largest absolute Gasteiger partial charge is 0.388 e. The molecule has 4 nitrogen and oxygen atoms in total. The number of hydrogen-bond donors (Lipinski definition) is 1. The molecule has 1 N–H and O–H groups in total. The van der Waals surface area contributed by atoms with E-state index in [1.807, 2.05) is 36.0 Å². The summed E-state index contributed by atoms with van der Waals surface area (Å²) in [6, 6.07) is 11.4. The average Bonchev–Trinajstić information content (AvgIpc) is 2.76. The molecule has 0 amide bonds. The van der Waals surface area contributed by atoms with Crippen LogP contribution in [0, 0.1) is 0 Å². The van der Waals surface area contributed by atoms with Gasteiger partial charge in [0.2, 0.25) is 0 Å². The summed E-state index contributed by atoms with van der Waals surface area (Å²) in [6.45, 7) is 0. The highest BCUT2D eigenvalue weighted by Gasteiger charge is 2.14. The molecule has 2 heterocycles. The predicted octanol–water partition coefficient (Wildman–Crippen LogP) is 2.90. The first-order valence-electron chi connectivity index (χ1n) is 6.35. The second-order valence-corrected chi connectivity index (χ2v) is 5.11. The first-order valence-corrected chi connectivity index (χ1v) is 6.73. The minimum atomic E-state index is -0.645. The van der Waals surface area contributed by atoms with Crippen molar-refractivity contribution in [2.24, 2.45) is 7.05 Å². The fraction of sp³-hybridized carbons (Fsp3) is 0.200. The monoisotopic (exact) mass is 287 g/mol. The fourth-order valence-electron chi connectivity index (χ4n) is 2.37. The smallest absolute Gasteiger partial charge is 0.129 e. The number of nitrogens with zero attached hydrogens (tertiary/aromatic N) is 3. The Morgan fingerprint density at radius 3 is 2.90 bits per heavy atom. The van der Waals surface area contributed by atoms with Crippen molar-refractivity contribution in [2.75, 3.05) is 0 Å².